The summed E-state index contributed by atoms with van der Waals surface area (Å²) in [7, 11) is 1.46. The van der Waals surface area contributed by atoms with Crippen LogP contribution in [0.15, 0.2) is 48.2 Å². The molecule has 2 aromatic carbocycles. The molecule has 0 aromatic heterocycles. The van der Waals surface area contributed by atoms with Crippen molar-refractivity contribution in [2.45, 2.75) is 12.7 Å². The van der Waals surface area contributed by atoms with Gasteiger partial charge in [0.25, 0.3) is 11.8 Å². The highest BCUT2D eigenvalue weighted by atomic mass is 35.5. The van der Waals surface area contributed by atoms with Crippen molar-refractivity contribution in [3.05, 3.63) is 69.9 Å². The number of hydrogen-bond acceptors (Lipinski definition) is 4. The van der Waals surface area contributed by atoms with Crippen LogP contribution in [0.3, 0.4) is 0 Å². The van der Waals surface area contributed by atoms with Crippen molar-refractivity contribution in [1.29, 1.82) is 0 Å². The van der Waals surface area contributed by atoms with E-state index in [1.807, 2.05) is 5.32 Å². The number of hydrogen-bond donors (Lipinski definition) is 2. The van der Waals surface area contributed by atoms with Crippen LogP contribution in [0.1, 0.15) is 16.7 Å². The van der Waals surface area contributed by atoms with Gasteiger partial charge >= 0.3 is 6.18 Å². The van der Waals surface area contributed by atoms with E-state index >= 15 is 0 Å². The largest absolute Gasteiger partial charge is 0.495 e. The lowest BCUT2D eigenvalue weighted by Crippen LogP contribution is -2.27. The molecule has 9 heteroatoms. The minimum atomic E-state index is -4.68. The van der Waals surface area contributed by atoms with Crippen LogP contribution >= 0.6 is 11.6 Å². The van der Waals surface area contributed by atoms with Crippen LogP contribution in [0.5, 0.6) is 5.75 Å². The van der Waals surface area contributed by atoms with E-state index in [1.165, 1.54) is 19.2 Å². The highest BCUT2D eigenvalue weighted by Gasteiger charge is 2.39. The maximum Gasteiger partial charge on any atom is 0.417 e. The minimum absolute atomic E-state index is 0.0669. The predicted octanol–water partition coefficient (Wildman–Crippen LogP) is 3.52. The molecule has 0 aliphatic carbocycles. The smallest absolute Gasteiger partial charge is 0.417 e. The zero-order valence-electron chi connectivity index (χ0n) is 14.5. The second kappa shape index (κ2) is 7.55. The van der Waals surface area contributed by atoms with Gasteiger partial charge in [0.05, 0.1) is 23.3 Å². The molecule has 2 N–H and O–H groups in total. The number of amides is 2. The van der Waals surface area contributed by atoms with E-state index < -0.39 is 23.6 Å². The average molecular weight is 411 g/mol. The number of halogens is 4. The standard InChI is InChI=1S/C19H14ClF3N2O3/c1-28-14-7-6-10(8-13(14)20)9-24-16-15(17(26)25-18(16)27)11-4-2-3-5-12(11)19(21,22)23/h2-8H,9H2,1H3,(H2,24,25,26,27). The van der Waals surface area contributed by atoms with Gasteiger partial charge in [0.15, 0.2) is 0 Å². The molecule has 2 aromatic rings. The van der Waals surface area contributed by atoms with Crippen molar-refractivity contribution in [1.82, 2.24) is 10.6 Å². The van der Waals surface area contributed by atoms with E-state index in [0.717, 1.165) is 12.1 Å². The lowest BCUT2D eigenvalue weighted by molar-refractivity contribution is -0.137. The van der Waals surface area contributed by atoms with Gasteiger partial charge in [0, 0.05) is 12.1 Å². The van der Waals surface area contributed by atoms with E-state index in [-0.39, 0.29) is 23.4 Å². The summed E-state index contributed by atoms with van der Waals surface area (Å²) in [5, 5.41) is 5.12. The van der Waals surface area contributed by atoms with Gasteiger partial charge in [-0.05, 0) is 23.8 Å². The van der Waals surface area contributed by atoms with Gasteiger partial charge in [-0.15, -0.1) is 0 Å². The quantitative estimate of drug-likeness (QED) is 0.740. The van der Waals surface area contributed by atoms with E-state index in [1.54, 1.807) is 18.2 Å². The molecule has 0 unspecified atom stereocenters. The molecule has 0 bridgehead atoms. The number of rotatable bonds is 5. The Morgan fingerprint density at radius 3 is 2.46 bits per heavy atom. The van der Waals surface area contributed by atoms with Crippen molar-refractivity contribution < 1.29 is 27.5 Å². The van der Waals surface area contributed by atoms with Crippen LogP contribution in [-0.2, 0) is 22.3 Å². The van der Waals surface area contributed by atoms with Crippen LogP contribution in [0.4, 0.5) is 13.2 Å². The van der Waals surface area contributed by atoms with Gasteiger partial charge in [-0.1, -0.05) is 35.9 Å². The van der Waals surface area contributed by atoms with Crippen molar-refractivity contribution in [3.8, 4) is 5.75 Å². The van der Waals surface area contributed by atoms with Gasteiger partial charge in [-0.2, -0.15) is 13.2 Å². The van der Waals surface area contributed by atoms with Gasteiger partial charge in [0.1, 0.15) is 11.4 Å². The summed E-state index contributed by atoms with van der Waals surface area (Å²) in [6.45, 7) is 0.0669. The fraction of sp³-hybridized carbons (Fsp3) is 0.158. The fourth-order valence-electron chi connectivity index (χ4n) is 2.84. The number of methoxy groups -OCH3 is 1. The number of carbonyl (C=O) groups excluding carboxylic acids is 2. The van der Waals surface area contributed by atoms with Crippen LogP contribution in [0.25, 0.3) is 5.57 Å². The Hall–Kier alpha value is -3.00. The summed E-state index contributed by atoms with van der Waals surface area (Å²) in [5.41, 5.74) is -1.30. The molecule has 1 aliphatic rings. The molecule has 0 spiro atoms. The van der Waals surface area contributed by atoms with Crippen LogP contribution in [0, 0.1) is 0 Å². The summed E-state index contributed by atoms with van der Waals surface area (Å²) in [6, 6.07) is 9.49. The topological polar surface area (TPSA) is 67.4 Å². The molecule has 1 aliphatic heterocycles. The monoisotopic (exact) mass is 410 g/mol. The average Bonchev–Trinajstić information content (AvgIpc) is 2.92. The first kappa shape index (κ1) is 19.8. The number of alkyl halides is 3. The Kier molecular flexibility index (Phi) is 5.33. The molecule has 0 radical (unpaired) electrons. The normalized spacial score (nSPS) is 14.3. The number of carbonyl (C=O) groups is 2. The van der Waals surface area contributed by atoms with Crippen LogP contribution < -0.4 is 15.4 Å². The molecule has 2 amide bonds. The van der Waals surface area contributed by atoms with Crippen LogP contribution in [0.2, 0.25) is 5.02 Å². The van der Waals surface area contributed by atoms with E-state index in [4.69, 9.17) is 16.3 Å². The number of benzene rings is 2. The second-order valence-electron chi connectivity index (χ2n) is 5.90. The minimum Gasteiger partial charge on any atom is -0.495 e. The first-order valence-electron chi connectivity index (χ1n) is 8.05. The first-order chi connectivity index (χ1) is 13.2. The van der Waals surface area contributed by atoms with Crippen LogP contribution in [-0.4, -0.2) is 18.9 Å². The molecule has 0 fully saturated rings. The van der Waals surface area contributed by atoms with Crippen molar-refractivity contribution in [2.75, 3.05) is 7.11 Å². The van der Waals surface area contributed by atoms with Gasteiger partial charge < -0.3 is 10.1 Å². The van der Waals surface area contributed by atoms with Gasteiger partial charge in [0.2, 0.25) is 0 Å². The zero-order chi connectivity index (χ0) is 20.5. The summed E-state index contributed by atoms with van der Waals surface area (Å²) in [5.74, 6) is -1.23. The molecule has 0 atom stereocenters. The Bertz CT molecular complexity index is 987. The molecule has 3 rings (SSSR count). The highest BCUT2D eigenvalue weighted by molar-refractivity contribution is 6.36. The molecule has 0 saturated heterocycles. The third-order valence-corrected chi connectivity index (χ3v) is 4.41. The van der Waals surface area contributed by atoms with Crippen molar-refractivity contribution in [2.24, 2.45) is 0 Å². The van der Waals surface area contributed by atoms with E-state index in [2.05, 4.69) is 5.32 Å². The van der Waals surface area contributed by atoms with Crippen molar-refractivity contribution >= 4 is 29.0 Å². The molecule has 28 heavy (non-hydrogen) atoms. The predicted molar refractivity (Wildman–Crippen MR) is 96.4 cm³/mol. The second-order valence-corrected chi connectivity index (χ2v) is 6.31. The Labute approximate surface area is 163 Å². The molecular formula is C19H14ClF3N2O3. The molecule has 5 nitrogen and oxygen atoms in total. The molecule has 1 heterocycles. The van der Waals surface area contributed by atoms with Gasteiger partial charge in [-0.25, -0.2) is 0 Å². The number of nitrogens with one attached hydrogen (secondary N) is 2. The Balaban J connectivity index is 1.98. The molecular weight excluding hydrogens is 397 g/mol. The van der Waals surface area contributed by atoms with Crippen molar-refractivity contribution in [3.63, 3.8) is 0 Å². The maximum absolute atomic E-state index is 13.3. The van der Waals surface area contributed by atoms with E-state index in [0.29, 0.717) is 16.3 Å². The van der Waals surface area contributed by atoms with Gasteiger partial charge in [-0.3, -0.25) is 14.9 Å². The SMILES string of the molecule is COc1ccc(CNC2=C(c3ccccc3C(F)(F)F)C(=O)NC2=O)cc1Cl. The van der Waals surface area contributed by atoms with E-state index in [9.17, 15) is 22.8 Å². The maximum atomic E-state index is 13.3. The fourth-order valence-corrected chi connectivity index (χ4v) is 3.12. The Morgan fingerprint density at radius 1 is 1.11 bits per heavy atom. The Morgan fingerprint density at radius 2 is 1.82 bits per heavy atom. The summed E-state index contributed by atoms with van der Waals surface area (Å²) in [6.07, 6.45) is -4.68. The zero-order valence-corrected chi connectivity index (χ0v) is 15.2. The number of ether oxygens (including phenoxy) is 1. The number of imide groups is 1. The summed E-state index contributed by atoms with van der Waals surface area (Å²) < 4.78 is 45.1. The third-order valence-electron chi connectivity index (χ3n) is 4.12. The highest BCUT2D eigenvalue weighted by Crippen LogP contribution is 2.36. The lowest BCUT2D eigenvalue weighted by Gasteiger charge is -2.14. The third kappa shape index (κ3) is 3.82. The summed E-state index contributed by atoms with van der Waals surface area (Å²) >= 11 is 6.05. The molecule has 146 valence electrons. The first-order valence-corrected chi connectivity index (χ1v) is 8.43. The molecule has 0 saturated carbocycles. The lowest BCUT2D eigenvalue weighted by atomic mass is 9.98. The summed E-state index contributed by atoms with van der Waals surface area (Å²) in [4.78, 5) is 24.3.